The molecular formula is C20H24N2O4S. The Morgan fingerprint density at radius 2 is 2.11 bits per heavy atom. The zero-order valence-corrected chi connectivity index (χ0v) is 16.5. The predicted octanol–water partition coefficient (Wildman–Crippen LogP) is 2.65. The van der Waals surface area contributed by atoms with Gasteiger partial charge in [0, 0.05) is 5.56 Å². The summed E-state index contributed by atoms with van der Waals surface area (Å²) in [5, 5.41) is 0. The lowest BCUT2D eigenvalue weighted by Crippen LogP contribution is -2.48. The lowest BCUT2D eigenvalue weighted by molar-refractivity contribution is -0.144. The molecule has 1 aliphatic heterocycles. The van der Waals surface area contributed by atoms with Crippen molar-refractivity contribution in [2.75, 3.05) is 6.61 Å². The molecule has 0 radical (unpaired) electrons. The molecular weight excluding hydrogens is 364 g/mol. The van der Waals surface area contributed by atoms with Gasteiger partial charge in [-0.05, 0) is 54.7 Å². The van der Waals surface area contributed by atoms with Crippen molar-refractivity contribution in [3.8, 4) is 0 Å². The van der Waals surface area contributed by atoms with Crippen molar-refractivity contribution in [3.05, 3.63) is 41.5 Å². The molecule has 3 aliphatic carbocycles. The van der Waals surface area contributed by atoms with Gasteiger partial charge in [0.25, 0.3) is 10.0 Å². The Bertz CT molecular complexity index is 962. The number of carbonyl (C=O) groups is 1. The highest BCUT2D eigenvalue weighted by Gasteiger charge is 2.51. The molecule has 7 heteroatoms. The Balaban J connectivity index is 1.44. The Kier molecular flexibility index (Phi) is 4.18. The van der Waals surface area contributed by atoms with E-state index in [1.165, 1.54) is 18.1 Å². The van der Waals surface area contributed by atoms with Crippen LogP contribution in [0.15, 0.2) is 45.8 Å². The molecule has 5 rings (SSSR count). The van der Waals surface area contributed by atoms with Crippen molar-refractivity contribution in [2.24, 2.45) is 22.2 Å². The minimum atomic E-state index is -3.61. The summed E-state index contributed by atoms with van der Waals surface area (Å²) in [5.74, 6) is 0.961. The summed E-state index contributed by atoms with van der Waals surface area (Å²) in [6, 6.07) is 5.80. The van der Waals surface area contributed by atoms with Gasteiger partial charge in [-0.1, -0.05) is 32.1 Å². The third kappa shape index (κ3) is 2.98. The molecule has 2 bridgehead atoms. The fraction of sp³-hybridized carbons (Fsp3) is 0.500. The Morgan fingerprint density at radius 3 is 2.81 bits per heavy atom. The van der Waals surface area contributed by atoms with E-state index in [1.807, 2.05) is 0 Å². The smallest absolute Gasteiger partial charge is 0.330 e. The zero-order valence-electron chi connectivity index (χ0n) is 15.7. The second kappa shape index (κ2) is 6.19. The topological polar surface area (TPSA) is 84.8 Å². The van der Waals surface area contributed by atoms with E-state index in [4.69, 9.17) is 4.74 Å². The summed E-state index contributed by atoms with van der Waals surface area (Å²) < 4.78 is 32.2. The molecule has 6 nitrogen and oxygen atoms in total. The molecule has 1 aromatic carbocycles. The molecule has 0 aromatic heterocycles. The average molecular weight is 388 g/mol. The minimum Gasteiger partial charge on any atom is -0.460 e. The van der Waals surface area contributed by atoms with Crippen LogP contribution in [0.5, 0.6) is 0 Å². The number of sulfonamides is 1. The third-order valence-corrected chi connectivity index (χ3v) is 7.69. The molecule has 4 aliphatic rings. The number of nitrogens with zero attached hydrogens (tertiary/aromatic N) is 1. The van der Waals surface area contributed by atoms with Gasteiger partial charge < -0.3 is 4.74 Å². The van der Waals surface area contributed by atoms with Gasteiger partial charge in [0.2, 0.25) is 0 Å². The highest BCUT2D eigenvalue weighted by atomic mass is 32.2. The molecule has 0 saturated heterocycles. The van der Waals surface area contributed by atoms with E-state index < -0.39 is 22.0 Å². The maximum absolute atomic E-state index is 12.4. The lowest BCUT2D eigenvalue weighted by atomic mass is 9.49. The second-order valence-corrected chi connectivity index (χ2v) is 9.84. The Labute approximate surface area is 159 Å². The van der Waals surface area contributed by atoms with E-state index in [-0.39, 0.29) is 22.8 Å². The van der Waals surface area contributed by atoms with Crippen molar-refractivity contribution in [1.82, 2.24) is 4.72 Å². The number of hydrogen-bond donors (Lipinski definition) is 1. The molecule has 3 atom stereocenters. The summed E-state index contributed by atoms with van der Waals surface area (Å²) in [6.07, 6.45) is 4.43. The fourth-order valence-electron chi connectivity index (χ4n) is 4.39. The second-order valence-electron chi connectivity index (χ2n) is 8.18. The van der Waals surface area contributed by atoms with Gasteiger partial charge in [-0.15, -0.1) is 0 Å². The molecule has 27 heavy (non-hydrogen) atoms. The minimum absolute atomic E-state index is 0.179. The highest BCUT2D eigenvalue weighted by molar-refractivity contribution is 7.90. The SMILES string of the molecule is C[C@@H](N=C1NS(=O)(=O)c2ccccc21)C(=O)OCC1=CC[C@H]2C[C@@H]1C2(C)C. The average Bonchev–Trinajstić information content (AvgIpc) is 2.90. The number of allylic oxidation sites excluding steroid dienone is 1. The van der Waals surface area contributed by atoms with Crippen LogP contribution in [0.2, 0.25) is 0 Å². The number of rotatable bonds is 4. The van der Waals surface area contributed by atoms with Crippen molar-refractivity contribution < 1.29 is 17.9 Å². The van der Waals surface area contributed by atoms with E-state index in [2.05, 4.69) is 29.6 Å². The van der Waals surface area contributed by atoms with Crippen molar-refractivity contribution >= 4 is 21.8 Å². The van der Waals surface area contributed by atoms with Crippen LogP contribution in [0, 0.1) is 17.3 Å². The highest BCUT2D eigenvalue weighted by Crippen LogP contribution is 2.59. The van der Waals surface area contributed by atoms with Crippen LogP contribution in [0.1, 0.15) is 39.2 Å². The molecule has 1 saturated carbocycles. The van der Waals surface area contributed by atoms with E-state index in [9.17, 15) is 13.2 Å². The number of ether oxygens (including phenoxy) is 1. The normalized spacial score (nSPS) is 29.1. The van der Waals surface area contributed by atoms with E-state index in [1.54, 1.807) is 25.1 Å². The molecule has 1 fully saturated rings. The van der Waals surface area contributed by atoms with Crippen molar-refractivity contribution in [1.29, 1.82) is 0 Å². The van der Waals surface area contributed by atoms with E-state index in [0.717, 1.165) is 12.3 Å². The largest absolute Gasteiger partial charge is 0.460 e. The van der Waals surface area contributed by atoms with Gasteiger partial charge in [-0.2, -0.15) is 0 Å². The number of amidine groups is 1. The van der Waals surface area contributed by atoms with Crippen LogP contribution in [-0.2, 0) is 19.6 Å². The maximum atomic E-state index is 12.4. The first kappa shape index (κ1) is 18.2. The monoisotopic (exact) mass is 388 g/mol. The number of esters is 1. The fourth-order valence-corrected chi connectivity index (χ4v) is 5.63. The van der Waals surface area contributed by atoms with Crippen LogP contribution >= 0.6 is 0 Å². The van der Waals surface area contributed by atoms with Crippen LogP contribution in [0.3, 0.4) is 0 Å². The van der Waals surface area contributed by atoms with Crippen LogP contribution in [0.4, 0.5) is 0 Å². The maximum Gasteiger partial charge on any atom is 0.330 e. The molecule has 1 heterocycles. The van der Waals surface area contributed by atoms with Crippen molar-refractivity contribution in [3.63, 3.8) is 0 Å². The number of carbonyl (C=O) groups excluding carboxylic acids is 1. The summed E-state index contributed by atoms with van der Waals surface area (Å²) in [7, 11) is -3.61. The standard InChI is InChI=1S/C20H24N2O4S/c1-12(21-18-15-6-4-5-7-17(15)27(24,25)22-18)19(23)26-11-13-8-9-14-10-16(13)20(14,2)3/h4-8,12,14,16H,9-11H2,1-3H3,(H,21,22)/t12-,14+,16+/m1/s1. The number of hydrogen-bond acceptors (Lipinski definition) is 5. The van der Waals surface area contributed by atoms with Gasteiger partial charge in [0.15, 0.2) is 0 Å². The van der Waals surface area contributed by atoms with Gasteiger partial charge >= 0.3 is 5.97 Å². The van der Waals surface area contributed by atoms with Crippen molar-refractivity contribution in [2.45, 2.75) is 44.6 Å². The molecule has 144 valence electrons. The van der Waals surface area contributed by atoms with Gasteiger partial charge in [0.1, 0.15) is 18.5 Å². The third-order valence-electron chi connectivity index (χ3n) is 6.29. The zero-order chi connectivity index (χ0) is 19.4. The molecule has 0 spiro atoms. The van der Waals surface area contributed by atoms with Crippen LogP contribution < -0.4 is 4.72 Å². The first-order valence-electron chi connectivity index (χ1n) is 9.25. The van der Waals surface area contributed by atoms with E-state index in [0.29, 0.717) is 11.5 Å². The summed E-state index contributed by atoms with van der Waals surface area (Å²) in [5.41, 5.74) is 1.96. The summed E-state index contributed by atoms with van der Waals surface area (Å²) >= 11 is 0. The number of nitrogens with one attached hydrogen (secondary N) is 1. The summed E-state index contributed by atoms with van der Waals surface area (Å²) in [4.78, 5) is 16.8. The Morgan fingerprint density at radius 1 is 1.37 bits per heavy atom. The first-order valence-corrected chi connectivity index (χ1v) is 10.7. The quantitative estimate of drug-likeness (QED) is 0.635. The summed E-state index contributed by atoms with van der Waals surface area (Å²) in [6.45, 7) is 6.46. The van der Waals surface area contributed by atoms with Gasteiger partial charge in [-0.3, -0.25) is 9.71 Å². The number of benzene rings is 1. The van der Waals surface area contributed by atoms with Crippen LogP contribution in [0.25, 0.3) is 0 Å². The molecule has 1 aromatic rings. The predicted molar refractivity (Wildman–Crippen MR) is 102 cm³/mol. The molecule has 0 unspecified atom stereocenters. The van der Waals surface area contributed by atoms with E-state index >= 15 is 0 Å². The molecule has 0 amide bonds. The Hall–Kier alpha value is -2.15. The van der Waals surface area contributed by atoms with Gasteiger partial charge in [0.05, 0.1) is 4.90 Å². The number of fused-ring (bicyclic) bond motifs is 2. The molecule has 1 N–H and O–H groups in total. The first-order chi connectivity index (χ1) is 12.7. The number of aliphatic imine (C=N–C) groups is 1. The van der Waals surface area contributed by atoms with Crippen LogP contribution in [-0.4, -0.2) is 32.9 Å². The van der Waals surface area contributed by atoms with Gasteiger partial charge in [-0.25, -0.2) is 13.2 Å². The lowest BCUT2D eigenvalue weighted by Gasteiger charge is -2.56.